The van der Waals surface area contributed by atoms with Gasteiger partial charge >= 0.3 is 5.69 Å². The fourth-order valence-corrected chi connectivity index (χ4v) is 1.47. The van der Waals surface area contributed by atoms with Crippen LogP contribution in [0.1, 0.15) is 39.9 Å². The largest absolute Gasteiger partial charge is 0.473 e. The summed E-state index contributed by atoms with van der Waals surface area (Å²) in [7, 11) is 0. The van der Waals surface area contributed by atoms with Gasteiger partial charge in [-0.15, -0.1) is 0 Å². The van der Waals surface area contributed by atoms with Crippen molar-refractivity contribution in [3.05, 3.63) is 15.9 Å². The first-order valence-electron chi connectivity index (χ1n) is 6.44. The summed E-state index contributed by atoms with van der Waals surface area (Å²) >= 11 is 0. The second-order valence-corrected chi connectivity index (χ2v) is 4.40. The molecule has 0 saturated carbocycles. The first-order chi connectivity index (χ1) is 8.99. The number of hydrogen-bond acceptors (Lipinski definition) is 6. The Kier molecular flexibility index (Phi) is 5.47. The maximum Gasteiger partial charge on any atom is 0.372 e. The van der Waals surface area contributed by atoms with Crippen molar-refractivity contribution in [3.8, 4) is 5.88 Å². The van der Waals surface area contributed by atoms with E-state index in [0.717, 1.165) is 6.42 Å². The molecule has 1 aromatic heterocycles. The molecule has 106 valence electrons. The molecular weight excluding hydrogens is 248 g/mol. The van der Waals surface area contributed by atoms with Crippen LogP contribution in [0.4, 0.5) is 11.5 Å². The Balaban J connectivity index is 3.28. The van der Waals surface area contributed by atoms with Gasteiger partial charge in [0.05, 0.1) is 11.5 Å². The van der Waals surface area contributed by atoms with Crippen molar-refractivity contribution in [3.63, 3.8) is 0 Å². The van der Waals surface area contributed by atoms with E-state index in [2.05, 4.69) is 15.3 Å². The molecule has 0 saturated heterocycles. The third-order valence-corrected chi connectivity index (χ3v) is 2.27. The van der Waals surface area contributed by atoms with E-state index in [1.807, 2.05) is 27.7 Å². The number of aryl methyl sites for hydroxylation is 1. The Morgan fingerprint density at radius 3 is 2.53 bits per heavy atom. The zero-order valence-corrected chi connectivity index (χ0v) is 11.8. The minimum absolute atomic E-state index is 0.0392. The molecule has 7 nitrogen and oxygen atoms in total. The lowest BCUT2D eigenvalue weighted by atomic mass is 10.3. The van der Waals surface area contributed by atoms with E-state index in [0.29, 0.717) is 18.9 Å². The number of ether oxygens (including phenoxy) is 1. The number of hydrogen-bond donors (Lipinski definition) is 1. The van der Waals surface area contributed by atoms with E-state index in [4.69, 9.17) is 4.74 Å². The Morgan fingerprint density at radius 2 is 2.05 bits per heavy atom. The molecule has 0 spiro atoms. The summed E-state index contributed by atoms with van der Waals surface area (Å²) in [4.78, 5) is 19.0. The van der Waals surface area contributed by atoms with Gasteiger partial charge in [0.2, 0.25) is 5.82 Å². The lowest BCUT2D eigenvalue weighted by Gasteiger charge is -2.12. The molecule has 0 amide bonds. The van der Waals surface area contributed by atoms with Crippen LogP contribution in [0.2, 0.25) is 0 Å². The van der Waals surface area contributed by atoms with Crippen molar-refractivity contribution in [2.75, 3.05) is 11.9 Å². The molecule has 0 aromatic carbocycles. The van der Waals surface area contributed by atoms with Gasteiger partial charge < -0.3 is 10.1 Å². The van der Waals surface area contributed by atoms with E-state index in [9.17, 15) is 10.1 Å². The van der Waals surface area contributed by atoms with Crippen molar-refractivity contribution in [1.82, 2.24) is 9.97 Å². The van der Waals surface area contributed by atoms with Crippen molar-refractivity contribution >= 4 is 11.5 Å². The molecule has 0 aliphatic heterocycles. The monoisotopic (exact) mass is 268 g/mol. The van der Waals surface area contributed by atoms with Gasteiger partial charge in [-0.05, 0) is 20.3 Å². The van der Waals surface area contributed by atoms with Crippen LogP contribution in [-0.4, -0.2) is 27.5 Å². The Labute approximate surface area is 112 Å². The third-order valence-electron chi connectivity index (χ3n) is 2.27. The van der Waals surface area contributed by atoms with Gasteiger partial charge in [-0.2, -0.15) is 4.98 Å². The molecule has 1 N–H and O–H groups in total. The molecule has 0 bridgehead atoms. The molecule has 1 heterocycles. The maximum absolute atomic E-state index is 11.2. The van der Waals surface area contributed by atoms with Crippen LogP contribution in [0.5, 0.6) is 5.88 Å². The molecule has 0 unspecified atom stereocenters. The van der Waals surface area contributed by atoms with E-state index < -0.39 is 4.92 Å². The molecular formula is C12H20N4O3. The number of nitrogens with zero attached hydrogens (tertiary/aromatic N) is 3. The molecule has 0 atom stereocenters. The minimum Gasteiger partial charge on any atom is -0.473 e. The van der Waals surface area contributed by atoms with E-state index in [-0.39, 0.29) is 23.4 Å². The van der Waals surface area contributed by atoms with Crippen LogP contribution < -0.4 is 10.1 Å². The predicted octanol–water partition coefficient (Wildman–Crippen LogP) is 2.56. The van der Waals surface area contributed by atoms with Crippen LogP contribution in [-0.2, 0) is 6.42 Å². The first kappa shape index (κ1) is 15.1. The van der Waals surface area contributed by atoms with Crippen LogP contribution in [0, 0.1) is 10.1 Å². The molecule has 7 heteroatoms. The van der Waals surface area contributed by atoms with Gasteiger partial charge in [0.25, 0.3) is 5.88 Å². The molecule has 0 aliphatic carbocycles. The highest BCUT2D eigenvalue weighted by atomic mass is 16.6. The van der Waals surface area contributed by atoms with Gasteiger partial charge in [-0.25, -0.2) is 4.98 Å². The number of anilines is 1. The van der Waals surface area contributed by atoms with Crippen molar-refractivity contribution in [2.24, 2.45) is 0 Å². The molecule has 1 aromatic rings. The molecule has 0 fully saturated rings. The molecule has 0 aliphatic rings. The summed E-state index contributed by atoms with van der Waals surface area (Å²) in [5.74, 6) is 0.791. The van der Waals surface area contributed by atoms with Crippen molar-refractivity contribution in [2.45, 2.75) is 46.6 Å². The highest BCUT2D eigenvalue weighted by Crippen LogP contribution is 2.32. The van der Waals surface area contributed by atoms with Crippen molar-refractivity contribution in [1.29, 1.82) is 0 Å². The van der Waals surface area contributed by atoms with Crippen LogP contribution in [0.3, 0.4) is 0 Å². The summed E-state index contributed by atoms with van der Waals surface area (Å²) in [6.45, 7) is 8.00. The highest BCUT2D eigenvalue weighted by Gasteiger charge is 2.26. The number of nitro groups is 1. The van der Waals surface area contributed by atoms with Gasteiger partial charge in [0, 0.05) is 12.5 Å². The standard InChI is InChI=1S/C12H20N4O3/c1-5-7-19-12-10(16(17)18)11(13-8(3)4)14-9(6-2)15-12/h8H,5-7H2,1-4H3,(H,13,14,15). The second-order valence-electron chi connectivity index (χ2n) is 4.40. The first-order valence-corrected chi connectivity index (χ1v) is 6.44. The lowest BCUT2D eigenvalue weighted by molar-refractivity contribution is -0.385. The van der Waals surface area contributed by atoms with Crippen molar-refractivity contribution < 1.29 is 9.66 Å². The van der Waals surface area contributed by atoms with Gasteiger partial charge in [-0.3, -0.25) is 10.1 Å². The normalized spacial score (nSPS) is 10.6. The van der Waals surface area contributed by atoms with E-state index in [1.165, 1.54) is 0 Å². The summed E-state index contributed by atoms with van der Waals surface area (Å²) in [5.41, 5.74) is -0.195. The molecule has 1 rings (SSSR count). The zero-order chi connectivity index (χ0) is 14.4. The Bertz CT molecular complexity index is 449. The predicted molar refractivity (Wildman–Crippen MR) is 72.6 cm³/mol. The fourth-order valence-electron chi connectivity index (χ4n) is 1.47. The smallest absolute Gasteiger partial charge is 0.372 e. The van der Waals surface area contributed by atoms with E-state index in [1.54, 1.807) is 0 Å². The maximum atomic E-state index is 11.2. The number of nitrogens with one attached hydrogen (secondary N) is 1. The summed E-state index contributed by atoms with van der Waals surface area (Å²) in [5, 5.41) is 14.2. The third kappa shape index (κ3) is 4.04. The summed E-state index contributed by atoms with van der Waals surface area (Å²) < 4.78 is 5.38. The number of rotatable bonds is 7. The molecule has 0 radical (unpaired) electrons. The van der Waals surface area contributed by atoms with Gasteiger partial charge in [0.1, 0.15) is 5.82 Å². The summed E-state index contributed by atoms with van der Waals surface area (Å²) in [6, 6.07) is 0.0392. The van der Waals surface area contributed by atoms with Gasteiger partial charge in [-0.1, -0.05) is 13.8 Å². The second kappa shape index (κ2) is 6.86. The van der Waals surface area contributed by atoms with Crippen LogP contribution >= 0.6 is 0 Å². The van der Waals surface area contributed by atoms with Crippen LogP contribution in [0.25, 0.3) is 0 Å². The lowest BCUT2D eigenvalue weighted by Crippen LogP contribution is -2.15. The minimum atomic E-state index is -0.505. The Morgan fingerprint density at radius 1 is 1.37 bits per heavy atom. The summed E-state index contributed by atoms with van der Waals surface area (Å²) in [6.07, 6.45) is 1.35. The Hall–Kier alpha value is -1.92. The SMILES string of the molecule is CCCOc1nc(CC)nc(NC(C)C)c1[N+](=O)[O-]. The fraction of sp³-hybridized carbons (Fsp3) is 0.667. The average Bonchev–Trinajstić information content (AvgIpc) is 2.34. The van der Waals surface area contributed by atoms with E-state index >= 15 is 0 Å². The van der Waals surface area contributed by atoms with Gasteiger partial charge in [0.15, 0.2) is 0 Å². The molecule has 19 heavy (non-hydrogen) atoms. The number of aromatic nitrogens is 2. The average molecular weight is 268 g/mol. The zero-order valence-electron chi connectivity index (χ0n) is 11.8. The van der Waals surface area contributed by atoms with Crippen LogP contribution in [0.15, 0.2) is 0 Å². The highest BCUT2D eigenvalue weighted by molar-refractivity contribution is 5.62. The quantitative estimate of drug-likeness (QED) is 0.603. The topological polar surface area (TPSA) is 90.2 Å².